The second-order valence-corrected chi connectivity index (χ2v) is 6.80. The Morgan fingerprint density at radius 1 is 1.16 bits per heavy atom. The Bertz CT molecular complexity index is 729. The number of aromatic nitrogens is 1. The van der Waals surface area contributed by atoms with E-state index in [1.807, 2.05) is 44.2 Å². The Hall–Kier alpha value is -2.34. The average molecular weight is 342 g/mol. The maximum atomic E-state index is 12.7. The average Bonchev–Trinajstić information content (AvgIpc) is 3.10. The van der Waals surface area contributed by atoms with E-state index in [-0.39, 0.29) is 17.7 Å². The maximum Gasteiger partial charge on any atom is 0.270 e. The van der Waals surface area contributed by atoms with Crippen molar-refractivity contribution in [1.82, 2.24) is 14.8 Å². The molecule has 134 valence electrons. The van der Waals surface area contributed by atoms with Crippen LogP contribution in [0.2, 0.25) is 0 Å². The van der Waals surface area contributed by atoms with E-state index in [2.05, 4.69) is 4.98 Å². The van der Waals surface area contributed by atoms with E-state index >= 15 is 0 Å². The highest BCUT2D eigenvalue weighted by Crippen LogP contribution is 2.17. The predicted molar refractivity (Wildman–Crippen MR) is 98.2 cm³/mol. The topological polar surface area (TPSA) is 82.4 Å². The van der Waals surface area contributed by atoms with Gasteiger partial charge in [-0.3, -0.25) is 9.59 Å². The molecule has 1 aromatic heterocycles. The zero-order chi connectivity index (χ0) is 18.0. The van der Waals surface area contributed by atoms with Crippen LogP contribution in [0.1, 0.15) is 30.8 Å². The van der Waals surface area contributed by atoms with Gasteiger partial charge in [0, 0.05) is 37.1 Å². The van der Waals surface area contributed by atoms with E-state index in [1.165, 1.54) is 0 Å². The van der Waals surface area contributed by atoms with Gasteiger partial charge in [0.1, 0.15) is 5.69 Å². The lowest BCUT2D eigenvalue weighted by atomic mass is 9.98. The zero-order valence-electron chi connectivity index (χ0n) is 14.9. The molecule has 0 spiro atoms. The van der Waals surface area contributed by atoms with Crippen LogP contribution in [0.25, 0.3) is 10.9 Å². The molecule has 2 amide bonds. The quantitative estimate of drug-likeness (QED) is 0.889. The van der Waals surface area contributed by atoms with Crippen molar-refractivity contribution in [3.8, 4) is 0 Å². The lowest BCUT2D eigenvalue weighted by molar-refractivity contribution is -0.135. The lowest BCUT2D eigenvalue weighted by Crippen LogP contribution is -2.55. The fraction of sp³-hybridized carbons (Fsp3) is 0.474. The summed E-state index contributed by atoms with van der Waals surface area (Å²) in [6.07, 6.45) is 0.881. The van der Waals surface area contributed by atoms with Gasteiger partial charge in [-0.2, -0.15) is 0 Å². The number of aromatic amines is 1. The Morgan fingerprint density at radius 2 is 1.80 bits per heavy atom. The van der Waals surface area contributed by atoms with Gasteiger partial charge in [0.15, 0.2) is 0 Å². The molecule has 25 heavy (non-hydrogen) atoms. The van der Waals surface area contributed by atoms with E-state index in [0.29, 0.717) is 31.9 Å². The van der Waals surface area contributed by atoms with Crippen LogP contribution in [0.3, 0.4) is 0 Å². The first-order valence-corrected chi connectivity index (χ1v) is 8.92. The molecule has 2 heterocycles. The monoisotopic (exact) mass is 342 g/mol. The summed E-state index contributed by atoms with van der Waals surface area (Å²) in [4.78, 5) is 31.9. The van der Waals surface area contributed by atoms with Crippen LogP contribution in [-0.4, -0.2) is 58.8 Å². The molecule has 1 aromatic carbocycles. The van der Waals surface area contributed by atoms with Crippen LogP contribution in [-0.2, 0) is 4.79 Å². The smallest absolute Gasteiger partial charge is 0.270 e. The number of piperazine rings is 1. The second kappa shape index (κ2) is 7.27. The largest absolute Gasteiger partial charge is 0.351 e. The van der Waals surface area contributed by atoms with Crippen LogP contribution in [0.5, 0.6) is 0 Å². The summed E-state index contributed by atoms with van der Waals surface area (Å²) in [6.45, 7) is 6.18. The Labute approximate surface area is 148 Å². The standard InChI is InChI=1S/C19H26N4O2/c1-3-13(2)17(20)19(25)23-10-8-22(9-11-23)18(24)16-12-14-6-4-5-7-15(14)21-16/h4-7,12-13,17,21H,3,8-11,20H2,1-2H3. The van der Waals surface area contributed by atoms with Crippen molar-refractivity contribution in [2.24, 2.45) is 11.7 Å². The molecule has 0 aliphatic carbocycles. The number of nitrogens with one attached hydrogen (secondary N) is 1. The molecule has 6 heteroatoms. The molecular formula is C19H26N4O2. The number of nitrogens with two attached hydrogens (primary N) is 1. The first kappa shape index (κ1) is 17.5. The van der Waals surface area contributed by atoms with Crippen LogP contribution in [0, 0.1) is 5.92 Å². The number of para-hydroxylation sites is 1. The molecule has 2 atom stereocenters. The Kier molecular flexibility index (Phi) is 5.08. The van der Waals surface area contributed by atoms with Crippen molar-refractivity contribution in [3.63, 3.8) is 0 Å². The van der Waals surface area contributed by atoms with Crippen molar-refractivity contribution in [2.45, 2.75) is 26.3 Å². The highest BCUT2D eigenvalue weighted by Gasteiger charge is 2.29. The van der Waals surface area contributed by atoms with Crippen molar-refractivity contribution in [2.75, 3.05) is 26.2 Å². The molecule has 3 rings (SSSR count). The number of carbonyl (C=O) groups excluding carboxylic acids is 2. The summed E-state index contributed by atoms with van der Waals surface area (Å²) in [7, 11) is 0. The first-order chi connectivity index (χ1) is 12.0. The van der Waals surface area contributed by atoms with Gasteiger partial charge >= 0.3 is 0 Å². The van der Waals surface area contributed by atoms with E-state index < -0.39 is 6.04 Å². The first-order valence-electron chi connectivity index (χ1n) is 8.92. The van der Waals surface area contributed by atoms with E-state index in [4.69, 9.17) is 5.73 Å². The van der Waals surface area contributed by atoms with Crippen molar-refractivity contribution in [1.29, 1.82) is 0 Å². The number of amides is 2. The number of H-pyrrole nitrogens is 1. The number of rotatable bonds is 4. The summed E-state index contributed by atoms with van der Waals surface area (Å²) < 4.78 is 0. The van der Waals surface area contributed by atoms with E-state index in [1.54, 1.807) is 9.80 Å². The Morgan fingerprint density at radius 3 is 2.44 bits per heavy atom. The third-order valence-electron chi connectivity index (χ3n) is 5.18. The van der Waals surface area contributed by atoms with Gasteiger partial charge in [-0.05, 0) is 18.1 Å². The summed E-state index contributed by atoms with van der Waals surface area (Å²) in [5.41, 5.74) is 7.61. The fourth-order valence-corrected chi connectivity index (χ4v) is 3.20. The van der Waals surface area contributed by atoms with Gasteiger partial charge < -0.3 is 20.5 Å². The van der Waals surface area contributed by atoms with E-state index in [0.717, 1.165) is 17.3 Å². The molecule has 1 fully saturated rings. The molecule has 2 unspecified atom stereocenters. The number of nitrogens with zero attached hydrogens (tertiary/aromatic N) is 2. The summed E-state index contributed by atoms with van der Waals surface area (Å²) in [5.74, 6) is 0.139. The van der Waals surface area contributed by atoms with Gasteiger partial charge in [-0.1, -0.05) is 38.5 Å². The lowest BCUT2D eigenvalue weighted by Gasteiger charge is -2.36. The Balaban J connectivity index is 1.62. The molecule has 3 N–H and O–H groups in total. The highest BCUT2D eigenvalue weighted by molar-refractivity contribution is 5.98. The number of carbonyl (C=O) groups is 2. The molecule has 0 bridgehead atoms. The fourth-order valence-electron chi connectivity index (χ4n) is 3.20. The van der Waals surface area contributed by atoms with Crippen molar-refractivity contribution < 1.29 is 9.59 Å². The van der Waals surface area contributed by atoms with Crippen molar-refractivity contribution in [3.05, 3.63) is 36.0 Å². The summed E-state index contributed by atoms with van der Waals surface area (Å²) in [5, 5.41) is 1.03. The third-order valence-corrected chi connectivity index (χ3v) is 5.18. The minimum absolute atomic E-state index is 0.00735. The molecular weight excluding hydrogens is 316 g/mol. The van der Waals surface area contributed by atoms with Gasteiger partial charge in [-0.15, -0.1) is 0 Å². The normalized spacial score (nSPS) is 17.6. The van der Waals surface area contributed by atoms with Crippen LogP contribution < -0.4 is 5.73 Å². The van der Waals surface area contributed by atoms with Crippen LogP contribution in [0.15, 0.2) is 30.3 Å². The predicted octanol–water partition coefficient (Wildman–Crippen LogP) is 1.83. The molecule has 0 radical (unpaired) electrons. The molecule has 1 saturated heterocycles. The molecule has 6 nitrogen and oxygen atoms in total. The maximum absolute atomic E-state index is 12.7. The van der Waals surface area contributed by atoms with Gasteiger partial charge in [-0.25, -0.2) is 0 Å². The molecule has 1 aliphatic heterocycles. The molecule has 2 aromatic rings. The third kappa shape index (κ3) is 3.54. The van der Waals surface area contributed by atoms with Gasteiger partial charge in [0.05, 0.1) is 6.04 Å². The number of benzene rings is 1. The SMILES string of the molecule is CCC(C)C(N)C(=O)N1CCN(C(=O)c2cc3ccccc3[nH]2)CC1. The van der Waals surface area contributed by atoms with Crippen LogP contribution >= 0.6 is 0 Å². The van der Waals surface area contributed by atoms with E-state index in [9.17, 15) is 9.59 Å². The summed E-state index contributed by atoms with van der Waals surface area (Å²) >= 11 is 0. The van der Waals surface area contributed by atoms with Gasteiger partial charge in [0.25, 0.3) is 5.91 Å². The van der Waals surface area contributed by atoms with Crippen LogP contribution in [0.4, 0.5) is 0 Å². The highest BCUT2D eigenvalue weighted by atomic mass is 16.2. The minimum Gasteiger partial charge on any atom is -0.351 e. The molecule has 0 saturated carbocycles. The minimum atomic E-state index is -0.457. The number of hydrogen-bond donors (Lipinski definition) is 2. The molecule has 1 aliphatic rings. The van der Waals surface area contributed by atoms with Gasteiger partial charge in [0.2, 0.25) is 5.91 Å². The number of fused-ring (bicyclic) bond motifs is 1. The second-order valence-electron chi connectivity index (χ2n) is 6.80. The zero-order valence-corrected chi connectivity index (χ0v) is 14.9. The number of hydrogen-bond acceptors (Lipinski definition) is 3. The van der Waals surface area contributed by atoms with Crippen molar-refractivity contribution >= 4 is 22.7 Å². The summed E-state index contributed by atoms with van der Waals surface area (Å²) in [6, 6.07) is 9.26.